The van der Waals surface area contributed by atoms with Crippen LogP contribution in [0.4, 0.5) is 5.82 Å². The van der Waals surface area contributed by atoms with Gasteiger partial charge in [-0.25, -0.2) is 0 Å². The first-order valence-electron chi connectivity index (χ1n) is 6.70. The van der Waals surface area contributed by atoms with Crippen LogP contribution in [0, 0.1) is 0 Å². The van der Waals surface area contributed by atoms with Gasteiger partial charge in [-0.15, -0.1) is 0 Å². The van der Waals surface area contributed by atoms with Gasteiger partial charge in [0.15, 0.2) is 4.80 Å². The Labute approximate surface area is 126 Å². The van der Waals surface area contributed by atoms with Crippen LogP contribution in [0.2, 0.25) is 0 Å². The maximum atomic E-state index is 11.8. The van der Waals surface area contributed by atoms with Crippen LogP contribution in [-0.4, -0.2) is 22.9 Å². The summed E-state index contributed by atoms with van der Waals surface area (Å²) in [6.07, 6.45) is 0. The zero-order valence-corrected chi connectivity index (χ0v) is 12.7. The van der Waals surface area contributed by atoms with Crippen LogP contribution in [0.5, 0.6) is 0 Å². The molecule has 5 nitrogen and oxygen atoms in total. The lowest BCUT2D eigenvalue weighted by molar-refractivity contribution is -0.117. The third-order valence-corrected chi connectivity index (χ3v) is 4.47. The normalized spacial score (nSPS) is 14.4. The molecular formula is C15H15N3O2S. The Balaban J connectivity index is 2.26. The van der Waals surface area contributed by atoms with Gasteiger partial charge in [-0.3, -0.25) is 14.5 Å². The van der Waals surface area contributed by atoms with Gasteiger partial charge in [0, 0.05) is 26.9 Å². The number of hydrogen-bond donors (Lipinski definition) is 0. The summed E-state index contributed by atoms with van der Waals surface area (Å²) in [4.78, 5) is 30.6. The highest BCUT2D eigenvalue weighted by Crippen LogP contribution is 2.36. The summed E-state index contributed by atoms with van der Waals surface area (Å²) in [5, 5.41) is 0. The molecule has 1 aliphatic heterocycles. The summed E-state index contributed by atoms with van der Waals surface area (Å²) in [7, 11) is 0. The van der Waals surface area contributed by atoms with E-state index in [1.54, 1.807) is 11.8 Å². The summed E-state index contributed by atoms with van der Waals surface area (Å²) in [6.45, 7) is 4.29. The van der Waals surface area contributed by atoms with Crippen LogP contribution >= 0.6 is 11.3 Å². The van der Waals surface area contributed by atoms with Crippen LogP contribution in [0.1, 0.15) is 13.8 Å². The molecule has 0 radical (unpaired) electrons. The average Bonchev–Trinajstić information content (AvgIpc) is 3.00. The van der Waals surface area contributed by atoms with Crippen molar-refractivity contribution in [2.45, 2.75) is 20.4 Å². The van der Waals surface area contributed by atoms with E-state index in [0.717, 1.165) is 16.3 Å². The van der Waals surface area contributed by atoms with E-state index in [4.69, 9.17) is 0 Å². The first kappa shape index (κ1) is 13.8. The summed E-state index contributed by atoms with van der Waals surface area (Å²) in [6, 6.07) is 9.87. The van der Waals surface area contributed by atoms with Gasteiger partial charge in [0.05, 0.1) is 4.88 Å². The third kappa shape index (κ3) is 2.42. The van der Waals surface area contributed by atoms with E-state index in [9.17, 15) is 9.59 Å². The van der Waals surface area contributed by atoms with Gasteiger partial charge in [-0.2, -0.15) is 4.99 Å². The zero-order chi connectivity index (χ0) is 15.0. The van der Waals surface area contributed by atoms with Crippen molar-refractivity contribution in [3.63, 3.8) is 0 Å². The molecule has 0 spiro atoms. The Bertz CT molecular complexity index is 774. The van der Waals surface area contributed by atoms with Gasteiger partial charge in [0.1, 0.15) is 5.82 Å². The highest BCUT2D eigenvalue weighted by atomic mass is 32.1. The molecule has 0 saturated heterocycles. The van der Waals surface area contributed by atoms with E-state index in [1.807, 2.05) is 34.9 Å². The highest BCUT2D eigenvalue weighted by Gasteiger charge is 2.28. The van der Waals surface area contributed by atoms with Crippen molar-refractivity contribution in [1.29, 1.82) is 0 Å². The number of amides is 2. The van der Waals surface area contributed by atoms with Crippen LogP contribution in [0.25, 0.3) is 10.4 Å². The lowest BCUT2D eigenvalue weighted by Gasteiger charge is -2.14. The predicted molar refractivity (Wildman–Crippen MR) is 82.0 cm³/mol. The molecule has 1 aliphatic rings. The maximum Gasteiger partial charge on any atom is 0.245 e. The fourth-order valence-corrected chi connectivity index (χ4v) is 3.69. The zero-order valence-electron chi connectivity index (χ0n) is 11.9. The number of fused-ring (bicyclic) bond motifs is 1. The first-order chi connectivity index (χ1) is 10.1. The maximum absolute atomic E-state index is 11.8. The molecule has 2 amide bonds. The van der Waals surface area contributed by atoms with Crippen LogP contribution in [0.15, 0.2) is 35.3 Å². The van der Waals surface area contributed by atoms with E-state index in [0.29, 0.717) is 17.9 Å². The molecule has 21 heavy (non-hydrogen) atoms. The van der Waals surface area contributed by atoms with Crippen molar-refractivity contribution in [3.05, 3.63) is 35.1 Å². The second-order valence-electron chi connectivity index (χ2n) is 4.86. The molecule has 108 valence electrons. The van der Waals surface area contributed by atoms with Crippen LogP contribution in [0.3, 0.4) is 0 Å². The van der Waals surface area contributed by atoms with Crippen LogP contribution < -0.4 is 9.70 Å². The van der Waals surface area contributed by atoms with Gasteiger partial charge >= 0.3 is 0 Å². The standard InChI is InChI=1S/C15H15N3O2S/c1-10(19)16-15-18-9-8-17(11(2)20)14(18)13(21-15)12-6-4-3-5-7-12/h3-7H,8-9H2,1-2H3. The summed E-state index contributed by atoms with van der Waals surface area (Å²) >= 11 is 1.45. The summed E-state index contributed by atoms with van der Waals surface area (Å²) in [5.41, 5.74) is 1.03. The minimum Gasteiger partial charge on any atom is -0.301 e. The molecule has 0 fully saturated rings. The van der Waals surface area contributed by atoms with Gasteiger partial charge in [0.25, 0.3) is 0 Å². The second kappa shape index (κ2) is 5.29. The number of rotatable bonds is 1. The molecule has 0 N–H and O–H groups in total. The minimum absolute atomic E-state index is 0.00519. The van der Waals surface area contributed by atoms with E-state index >= 15 is 0 Å². The monoisotopic (exact) mass is 301 g/mol. The Kier molecular flexibility index (Phi) is 3.47. The molecule has 0 unspecified atom stereocenters. The number of nitrogens with zero attached hydrogens (tertiary/aromatic N) is 3. The Morgan fingerprint density at radius 1 is 1.14 bits per heavy atom. The van der Waals surface area contributed by atoms with Gasteiger partial charge in [0.2, 0.25) is 11.8 Å². The molecule has 1 aromatic carbocycles. The first-order valence-corrected chi connectivity index (χ1v) is 7.52. The molecule has 0 bridgehead atoms. The average molecular weight is 301 g/mol. The number of aromatic nitrogens is 1. The van der Waals surface area contributed by atoms with E-state index < -0.39 is 0 Å². The van der Waals surface area contributed by atoms with Crippen molar-refractivity contribution in [3.8, 4) is 10.4 Å². The highest BCUT2D eigenvalue weighted by molar-refractivity contribution is 7.13. The van der Waals surface area contributed by atoms with Gasteiger partial charge < -0.3 is 4.57 Å². The Hall–Kier alpha value is -2.21. The van der Waals surface area contributed by atoms with Crippen molar-refractivity contribution < 1.29 is 9.59 Å². The summed E-state index contributed by atoms with van der Waals surface area (Å²) in [5.74, 6) is 0.622. The molecule has 1 aromatic heterocycles. The molecule has 2 aromatic rings. The van der Waals surface area contributed by atoms with Crippen molar-refractivity contribution >= 4 is 29.0 Å². The van der Waals surface area contributed by atoms with Gasteiger partial charge in [-0.1, -0.05) is 41.7 Å². The minimum atomic E-state index is -0.229. The quantitative estimate of drug-likeness (QED) is 0.809. The Morgan fingerprint density at radius 2 is 1.86 bits per heavy atom. The SMILES string of the molecule is CC(=O)N=c1sc(-c2ccccc2)c2n1CCN2C(C)=O. The van der Waals surface area contributed by atoms with Crippen molar-refractivity contribution in [1.82, 2.24) is 4.57 Å². The molecule has 3 rings (SSSR count). The number of benzene rings is 1. The molecule has 2 heterocycles. The lowest BCUT2D eigenvalue weighted by atomic mass is 10.2. The van der Waals surface area contributed by atoms with Gasteiger partial charge in [-0.05, 0) is 5.56 Å². The molecular weight excluding hydrogens is 286 g/mol. The topological polar surface area (TPSA) is 54.7 Å². The largest absolute Gasteiger partial charge is 0.301 e. The fourth-order valence-electron chi connectivity index (χ4n) is 2.48. The second-order valence-corrected chi connectivity index (χ2v) is 5.83. The Morgan fingerprint density at radius 3 is 2.48 bits per heavy atom. The molecule has 0 aliphatic carbocycles. The number of hydrogen-bond acceptors (Lipinski definition) is 3. The summed E-state index contributed by atoms with van der Waals surface area (Å²) < 4.78 is 1.95. The number of carbonyl (C=O) groups is 2. The van der Waals surface area contributed by atoms with Crippen molar-refractivity contribution in [2.75, 3.05) is 11.4 Å². The van der Waals surface area contributed by atoms with E-state index in [1.165, 1.54) is 18.3 Å². The molecule has 6 heteroatoms. The van der Waals surface area contributed by atoms with E-state index in [-0.39, 0.29) is 11.8 Å². The predicted octanol–water partition coefficient (Wildman–Crippen LogP) is 2.03. The smallest absolute Gasteiger partial charge is 0.245 e. The van der Waals surface area contributed by atoms with E-state index in [2.05, 4.69) is 4.99 Å². The molecule has 0 saturated carbocycles. The number of anilines is 1. The number of carbonyl (C=O) groups excluding carboxylic acids is 2. The number of thiazole rings is 1. The van der Waals surface area contributed by atoms with Crippen LogP contribution in [-0.2, 0) is 16.1 Å². The molecule has 0 atom stereocenters. The van der Waals surface area contributed by atoms with Crippen molar-refractivity contribution in [2.24, 2.45) is 4.99 Å². The fraction of sp³-hybridized carbons (Fsp3) is 0.267. The third-order valence-electron chi connectivity index (χ3n) is 3.36. The lowest BCUT2D eigenvalue weighted by Crippen LogP contribution is -2.26.